The van der Waals surface area contributed by atoms with Crippen LogP contribution in [0.15, 0.2) is 18.2 Å². The van der Waals surface area contributed by atoms with Crippen molar-refractivity contribution in [3.8, 4) is 23.1 Å². The van der Waals surface area contributed by atoms with E-state index in [1.807, 2.05) is 6.92 Å². The van der Waals surface area contributed by atoms with Gasteiger partial charge in [-0.1, -0.05) is 6.92 Å². The largest absolute Gasteiger partial charge is 0.493 e. The molecule has 4 N–H and O–H groups in total. The fourth-order valence-corrected chi connectivity index (χ4v) is 2.03. The van der Waals surface area contributed by atoms with Gasteiger partial charge in [-0.25, -0.2) is 4.98 Å². The van der Waals surface area contributed by atoms with Crippen LogP contribution in [0.25, 0.3) is 11.3 Å². The highest BCUT2D eigenvalue weighted by Crippen LogP contribution is 2.38. The molecule has 0 aliphatic rings. The van der Waals surface area contributed by atoms with Crippen LogP contribution in [0.3, 0.4) is 0 Å². The Labute approximate surface area is 135 Å². The summed E-state index contributed by atoms with van der Waals surface area (Å²) < 4.78 is 44.5. The molecule has 0 atom stereocenters. The van der Waals surface area contributed by atoms with E-state index in [9.17, 15) is 18.4 Å². The van der Waals surface area contributed by atoms with Crippen molar-refractivity contribution in [2.24, 2.45) is 0 Å². The number of ether oxygens (including phenoxy) is 1. The predicted molar refractivity (Wildman–Crippen MR) is 81.8 cm³/mol. The molecule has 0 spiro atoms. The number of hydrogen-bond acceptors (Lipinski definition) is 6. The molecule has 1 aromatic carbocycles. The first-order chi connectivity index (χ1) is 11.3. The van der Waals surface area contributed by atoms with Crippen molar-refractivity contribution in [1.82, 2.24) is 9.97 Å². The van der Waals surface area contributed by atoms with Gasteiger partial charge in [-0.2, -0.15) is 23.4 Å². The second-order valence-electron chi connectivity index (χ2n) is 4.86. The average molecular weight is 337 g/mol. The Hall–Kier alpha value is -3.02. The smallest absolute Gasteiger partial charge is 0.416 e. The highest BCUT2D eigenvalue weighted by molar-refractivity contribution is 5.77. The zero-order valence-electron chi connectivity index (χ0n) is 12.7. The lowest BCUT2D eigenvalue weighted by Crippen LogP contribution is -2.09. The van der Waals surface area contributed by atoms with Gasteiger partial charge < -0.3 is 16.2 Å². The van der Waals surface area contributed by atoms with Crippen LogP contribution in [0.2, 0.25) is 0 Å². The van der Waals surface area contributed by atoms with E-state index in [4.69, 9.17) is 16.2 Å². The third-order valence-electron chi connectivity index (χ3n) is 3.09. The van der Waals surface area contributed by atoms with Crippen molar-refractivity contribution in [3.63, 3.8) is 0 Å². The molecule has 0 bridgehead atoms. The van der Waals surface area contributed by atoms with Crippen LogP contribution in [-0.2, 0) is 6.18 Å². The van der Waals surface area contributed by atoms with E-state index in [1.165, 1.54) is 6.07 Å². The molecule has 6 nitrogen and oxygen atoms in total. The van der Waals surface area contributed by atoms with E-state index in [-0.39, 0.29) is 40.9 Å². The van der Waals surface area contributed by atoms with E-state index in [0.29, 0.717) is 6.42 Å². The van der Waals surface area contributed by atoms with Crippen molar-refractivity contribution in [1.29, 1.82) is 5.26 Å². The summed E-state index contributed by atoms with van der Waals surface area (Å²) in [7, 11) is 0. The normalized spacial score (nSPS) is 11.1. The molecule has 9 heteroatoms. The van der Waals surface area contributed by atoms with Gasteiger partial charge in [0.2, 0.25) is 5.95 Å². The fourth-order valence-electron chi connectivity index (χ4n) is 2.03. The van der Waals surface area contributed by atoms with Crippen LogP contribution < -0.4 is 16.2 Å². The Kier molecular flexibility index (Phi) is 4.78. The molecule has 0 saturated carbocycles. The van der Waals surface area contributed by atoms with E-state index in [1.54, 1.807) is 6.07 Å². The maximum absolute atomic E-state index is 13.0. The first-order valence-electron chi connectivity index (χ1n) is 6.95. The Morgan fingerprint density at radius 1 is 1.25 bits per heavy atom. The number of nitrogens with two attached hydrogens (primary N) is 2. The molecule has 1 aromatic heterocycles. The Morgan fingerprint density at radius 3 is 2.54 bits per heavy atom. The lowest BCUT2D eigenvalue weighted by atomic mass is 10.0. The van der Waals surface area contributed by atoms with Gasteiger partial charge in [0.25, 0.3) is 0 Å². The summed E-state index contributed by atoms with van der Waals surface area (Å²) in [4.78, 5) is 7.54. The molecule has 0 aliphatic heterocycles. The number of aromatic nitrogens is 2. The second kappa shape index (κ2) is 6.62. The quantitative estimate of drug-likeness (QED) is 0.887. The number of nitrogen functional groups attached to an aromatic ring is 2. The Morgan fingerprint density at radius 2 is 1.96 bits per heavy atom. The lowest BCUT2D eigenvalue weighted by Gasteiger charge is -2.15. The van der Waals surface area contributed by atoms with Crippen LogP contribution in [0.5, 0.6) is 5.75 Å². The molecule has 126 valence electrons. The first kappa shape index (κ1) is 17.3. The fraction of sp³-hybridized carbons (Fsp3) is 0.267. The van der Waals surface area contributed by atoms with Crippen molar-refractivity contribution in [2.45, 2.75) is 19.5 Å². The van der Waals surface area contributed by atoms with E-state index in [0.717, 1.165) is 12.1 Å². The zero-order chi connectivity index (χ0) is 17.9. The molecule has 2 rings (SSSR count). The number of nitrogens with zero attached hydrogens (tertiary/aromatic N) is 3. The van der Waals surface area contributed by atoms with E-state index >= 15 is 0 Å². The Bertz CT molecular complexity index is 799. The highest BCUT2D eigenvalue weighted by atomic mass is 19.4. The molecule has 0 radical (unpaired) electrons. The minimum absolute atomic E-state index is 0.0179. The second-order valence-corrected chi connectivity index (χ2v) is 4.86. The predicted octanol–water partition coefficient (Wildman–Crippen LogP) is 2.99. The van der Waals surface area contributed by atoms with Gasteiger partial charge in [0, 0.05) is 5.56 Å². The van der Waals surface area contributed by atoms with Gasteiger partial charge in [0.15, 0.2) is 0 Å². The molecule has 0 aliphatic carbocycles. The van der Waals surface area contributed by atoms with Crippen LogP contribution in [0, 0.1) is 11.3 Å². The molecule has 1 heterocycles. The standard InChI is InChI=1S/C15H14F3N5O/c1-2-5-24-11-4-3-8(15(16,17)18)6-9(11)12-10(7-19)13(20)23-14(21)22-12/h3-4,6H,2,5H2,1H3,(H4,20,21,22,23). The van der Waals surface area contributed by atoms with Gasteiger partial charge in [-0.3, -0.25) is 0 Å². The maximum Gasteiger partial charge on any atom is 0.416 e. The van der Waals surface area contributed by atoms with Gasteiger partial charge in [0.05, 0.1) is 17.9 Å². The van der Waals surface area contributed by atoms with Gasteiger partial charge in [-0.15, -0.1) is 0 Å². The third kappa shape index (κ3) is 3.48. The first-order valence-corrected chi connectivity index (χ1v) is 6.95. The van der Waals surface area contributed by atoms with Crippen LogP contribution in [-0.4, -0.2) is 16.6 Å². The number of alkyl halides is 3. The molecule has 24 heavy (non-hydrogen) atoms. The van der Waals surface area contributed by atoms with E-state index < -0.39 is 11.7 Å². The van der Waals surface area contributed by atoms with Crippen molar-refractivity contribution in [2.75, 3.05) is 18.1 Å². The van der Waals surface area contributed by atoms with Gasteiger partial charge >= 0.3 is 6.18 Å². The van der Waals surface area contributed by atoms with Crippen LogP contribution >= 0.6 is 0 Å². The number of halogens is 3. The molecule has 0 amide bonds. The summed E-state index contributed by atoms with van der Waals surface area (Å²) in [5, 5.41) is 9.23. The van der Waals surface area contributed by atoms with E-state index in [2.05, 4.69) is 9.97 Å². The van der Waals surface area contributed by atoms with Crippen molar-refractivity contribution >= 4 is 11.8 Å². The van der Waals surface area contributed by atoms with Crippen molar-refractivity contribution < 1.29 is 17.9 Å². The number of hydrogen-bond donors (Lipinski definition) is 2. The molecule has 0 unspecified atom stereocenters. The molecular formula is C15H14F3N5O. The number of rotatable bonds is 4. The zero-order valence-corrected chi connectivity index (χ0v) is 12.7. The van der Waals surface area contributed by atoms with Crippen molar-refractivity contribution in [3.05, 3.63) is 29.3 Å². The third-order valence-corrected chi connectivity index (χ3v) is 3.09. The maximum atomic E-state index is 13.0. The highest BCUT2D eigenvalue weighted by Gasteiger charge is 2.32. The molecule has 0 saturated heterocycles. The topological polar surface area (TPSA) is 111 Å². The monoisotopic (exact) mass is 337 g/mol. The minimum Gasteiger partial charge on any atom is -0.493 e. The summed E-state index contributed by atoms with van der Waals surface area (Å²) in [5.74, 6) is -0.307. The number of anilines is 2. The summed E-state index contributed by atoms with van der Waals surface area (Å²) in [6.45, 7) is 2.14. The average Bonchev–Trinajstić information content (AvgIpc) is 2.51. The molecule has 0 fully saturated rings. The van der Waals surface area contributed by atoms with Crippen LogP contribution in [0.4, 0.5) is 24.9 Å². The summed E-state index contributed by atoms with van der Waals surface area (Å²) >= 11 is 0. The summed E-state index contributed by atoms with van der Waals surface area (Å²) in [5.41, 5.74) is 9.97. The lowest BCUT2D eigenvalue weighted by molar-refractivity contribution is -0.137. The SMILES string of the molecule is CCCOc1ccc(C(F)(F)F)cc1-c1nc(N)nc(N)c1C#N. The summed E-state index contributed by atoms with van der Waals surface area (Å²) in [6.07, 6.45) is -3.91. The number of benzene rings is 1. The van der Waals surface area contributed by atoms with Gasteiger partial charge in [0.1, 0.15) is 23.2 Å². The molecule has 2 aromatic rings. The van der Waals surface area contributed by atoms with Crippen LogP contribution in [0.1, 0.15) is 24.5 Å². The number of nitriles is 1. The minimum atomic E-state index is -4.56. The summed E-state index contributed by atoms with van der Waals surface area (Å²) in [6, 6.07) is 4.72. The Balaban J connectivity index is 2.73. The molecular weight excluding hydrogens is 323 g/mol. The van der Waals surface area contributed by atoms with Gasteiger partial charge in [-0.05, 0) is 24.6 Å².